The van der Waals surface area contributed by atoms with Gasteiger partial charge in [-0.2, -0.15) is 0 Å². The number of halogens is 1. The van der Waals surface area contributed by atoms with E-state index in [4.69, 9.17) is 19.6 Å². The molecule has 8 rings (SSSR count). The summed E-state index contributed by atoms with van der Waals surface area (Å²) in [4.78, 5) is 251. The molecule has 116 heavy (non-hydrogen) atoms. The molecule has 4 aliphatic rings. The summed E-state index contributed by atoms with van der Waals surface area (Å²) in [6.07, 6.45) is 2.47. The van der Waals surface area contributed by atoms with Crippen molar-refractivity contribution in [3.8, 4) is 17.1 Å². The molecule has 0 spiro atoms. The average Bonchev–Trinajstić information content (AvgIpc) is 1.52. The molecular weight excluding hydrogens is 1520 g/mol. The molecule has 0 bridgehead atoms. The molecular formula is C77H97FN16O22. The molecule has 5 N–H and O–H groups in total. The van der Waals surface area contributed by atoms with Gasteiger partial charge in [-0.15, -0.1) is 0 Å². The molecule has 0 radical (unpaired) electrons. The van der Waals surface area contributed by atoms with Crippen LogP contribution < -0.4 is 31.1 Å². The van der Waals surface area contributed by atoms with Gasteiger partial charge in [-0.25, -0.2) is 19.1 Å². The largest absolute Gasteiger partial charge is 0.493 e. The van der Waals surface area contributed by atoms with Gasteiger partial charge in [0.25, 0.3) is 17.4 Å². The lowest BCUT2D eigenvalue weighted by Gasteiger charge is -2.31. The summed E-state index contributed by atoms with van der Waals surface area (Å²) in [7, 11) is 13.0. The maximum absolute atomic E-state index is 15.6. The monoisotopic (exact) mass is 1620 g/mol. The number of aromatic nitrogens is 2. The second-order valence-corrected chi connectivity index (χ2v) is 29.4. The van der Waals surface area contributed by atoms with Gasteiger partial charge in [-0.05, 0) is 87.3 Å². The summed E-state index contributed by atoms with van der Waals surface area (Å²) in [6.45, 7) is 0.588. The number of carbonyl (C=O) groups excluding carboxylic acids is 16. The topological polar surface area (TPSA) is 456 Å². The van der Waals surface area contributed by atoms with Crippen molar-refractivity contribution in [3.63, 3.8) is 0 Å². The number of esters is 1. The molecule has 0 fully saturated rings. The Bertz CT molecular complexity index is 4780. The van der Waals surface area contributed by atoms with Crippen LogP contribution in [-0.2, 0) is 118 Å². The minimum absolute atomic E-state index is 0.00105. The van der Waals surface area contributed by atoms with Gasteiger partial charge >= 0.3 is 11.9 Å². The maximum atomic E-state index is 15.6. The smallest absolute Gasteiger partial charge is 0.343 e. The molecule has 38 nitrogen and oxygen atoms in total. The lowest BCUT2D eigenvalue weighted by molar-refractivity contribution is -0.172. The number of rotatable bonds is 35. The van der Waals surface area contributed by atoms with Gasteiger partial charge in [0.2, 0.25) is 76.8 Å². The molecule has 4 atom stereocenters. The molecule has 624 valence electrons. The van der Waals surface area contributed by atoms with Crippen molar-refractivity contribution < 1.29 is 106 Å². The van der Waals surface area contributed by atoms with E-state index in [-0.39, 0.29) is 85.6 Å². The maximum Gasteiger partial charge on any atom is 0.343 e. The lowest BCUT2D eigenvalue weighted by atomic mass is 9.81. The Morgan fingerprint density at radius 3 is 1.53 bits per heavy atom. The lowest BCUT2D eigenvalue weighted by Crippen LogP contribution is -2.52. The highest BCUT2D eigenvalue weighted by Gasteiger charge is 2.46. The number of aliphatic carboxylic acids is 1. The zero-order chi connectivity index (χ0) is 86.0. The molecule has 39 heteroatoms. The Morgan fingerprint density at radius 1 is 0.603 bits per heavy atom. The number of ether oxygens (including phenoxy) is 2. The first-order valence-corrected chi connectivity index (χ1v) is 37.1. The SMILES string of the molecule is CC[C@@]1(O)C(=O)OCc2c1cc1n(c2=O)Cc2c-1nc1cc(F)c(C)c3c1c2[C@@H](NC(=O)[C@H](C)NC(=O)[C@H](C)NC(=O)CCc1ccc(N2C(=O)C=CC2=O)cc1OCCCC(=O)N(C)CC(=O)N(C)CC(=O)N(C)CC(=O)N(C)CC(=O)N(C)CC(=O)N(C)CC(=O)N(C)CC(=O)N(C)CC(=O)N(C)CC(=O)N(C)CC(=O)O)CC3. The van der Waals surface area contributed by atoms with Crippen LogP contribution in [0.5, 0.6) is 5.75 Å². The third-order valence-electron chi connectivity index (χ3n) is 20.7. The number of benzene rings is 2. The van der Waals surface area contributed by atoms with E-state index in [2.05, 4.69) is 16.0 Å². The van der Waals surface area contributed by atoms with Gasteiger partial charge < -0.3 is 89.2 Å². The Balaban J connectivity index is 0.759. The molecule has 0 unspecified atom stereocenters. The number of hydrogen-bond acceptors (Lipinski definition) is 22. The number of likely N-dealkylation sites (N-methyl/N-ethyl adjacent to an activating group) is 10. The molecule has 5 heterocycles. The molecule has 2 aromatic carbocycles. The highest BCUT2D eigenvalue weighted by Crippen LogP contribution is 2.46. The molecule has 4 aromatic rings. The van der Waals surface area contributed by atoms with Crippen molar-refractivity contribution in [1.29, 1.82) is 0 Å². The number of amides is 15. The second kappa shape index (κ2) is 37.6. The van der Waals surface area contributed by atoms with E-state index in [0.29, 0.717) is 51.7 Å². The van der Waals surface area contributed by atoms with Crippen LogP contribution in [0.1, 0.15) is 97.9 Å². The van der Waals surface area contributed by atoms with Gasteiger partial charge in [-0.3, -0.25) is 81.5 Å². The fraction of sp³-hybridized carbons (Fsp3) is 0.494. The van der Waals surface area contributed by atoms with E-state index in [1.165, 1.54) is 107 Å². The number of carbonyl (C=O) groups is 17. The number of fused-ring (bicyclic) bond motifs is 5. The summed E-state index contributed by atoms with van der Waals surface area (Å²) in [5.74, 6) is -12.1. The summed E-state index contributed by atoms with van der Waals surface area (Å²) >= 11 is 0. The van der Waals surface area contributed by atoms with Gasteiger partial charge in [0, 0.05) is 124 Å². The zero-order valence-corrected chi connectivity index (χ0v) is 67.2. The van der Waals surface area contributed by atoms with Crippen LogP contribution in [0.4, 0.5) is 10.1 Å². The van der Waals surface area contributed by atoms with E-state index >= 15 is 4.39 Å². The van der Waals surface area contributed by atoms with Crippen LogP contribution in [0.15, 0.2) is 47.3 Å². The number of hydrogen-bond donors (Lipinski definition) is 5. The molecule has 3 aliphatic heterocycles. The Morgan fingerprint density at radius 2 is 1.06 bits per heavy atom. The van der Waals surface area contributed by atoms with Crippen molar-refractivity contribution in [3.05, 3.63) is 97.6 Å². The van der Waals surface area contributed by atoms with Crippen molar-refractivity contribution >= 4 is 117 Å². The fourth-order valence-electron chi connectivity index (χ4n) is 13.3. The molecule has 1 aliphatic carbocycles. The summed E-state index contributed by atoms with van der Waals surface area (Å²) in [6, 6.07) is 4.23. The van der Waals surface area contributed by atoms with Crippen LogP contribution in [-0.4, -0.2) is 324 Å². The Hall–Kier alpha value is -12.6. The number of aliphatic hydroxyl groups is 1. The number of pyridine rings is 2. The third-order valence-corrected chi connectivity index (χ3v) is 20.7. The number of carboxylic acids is 1. The zero-order valence-electron chi connectivity index (χ0n) is 67.2. The van der Waals surface area contributed by atoms with Crippen LogP contribution in [0, 0.1) is 12.7 Å². The summed E-state index contributed by atoms with van der Waals surface area (Å²) < 4.78 is 28.4. The van der Waals surface area contributed by atoms with E-state index in [1.807, 2.05) is 0 Å². The summed E-state index contributed by atoms with van der Waals surface area (Å²) in [5, 5.41) is 29.3. The molecule has 0 saturated heterocycles. The summed E-state index contributed by atoms with van der Waals surface area (Å²) in [5.41, 5.74) is 1.28. The van der Waals surface area contributed by atoms with Crippen LogP contribution in [0.3, 0.4) is 0 Å². The first-order chi connectivity index (χ1) is 54.5. The van der Waals surface area contributed by atoms with E-state index in [0.717, 1.165) is 66.1 Å². The number of aryl methyl sites for hydroxylation is 2. The number of nitrogens with zero attached hydrogens (tertiary/aromatic N) is 13. The van der Waals surface area contributed by atoms with E-state index < -0.39 is 201 Å². The Kier molecular flexibility index (Phi) is 28.8. The van der Waals surface area contributed by atoms with Gasteiger partial charge in [0.15, 0.2) is 5.60 Å². The predicted octanol–water partition coefficient (Wildman–Crippen LogP) is -2.47. The van der Waals surface area contributed by atoms with Gasteiger partial charge in [-0.1, -0.05) is 13.0 Å². The van der Waals surface area contributed by atoms with Crippen LogP contribution in [0.2, 0.25) is 0 Å². The van der Waals surface area contributed by atoms with Crippen molar-refractivity contribution in [1.82, 2.24) is 74.5 Å². The van der Waals surface area contributed by atoms with Crippen molar-refractivity contribution in [2.24, 2.45) is 0 Å². The van der Waals surface area contributed by atoms with Crippen molar-refractivity contribution in [2.45, 2.75) is 110 Å². The second-order valence-electron chi connectivity index (χ2n) is 29.4. The molecule has 15 amide bonds. The van der Waals surface area contributed by atoms with Crippen LogP contribution in [0.25, 0.3) is 22.3 Å². The normalized spacial score (nSPS) is 15.3. The highest BCUT2D eigenvalue weighted by molar-refractivity contribution is 6.28. The number of carboxylic acid groups (broad SMARTS) is 1. The average molecular weight is 1620 g/mol. The van der Waals surface area contributed by atoms with E-state index in [1.54, 1.807) is 26.0 Å². The first kappa shape index (κ1) is 89.0. The van der Waals surface area contributed by atoms with Gasteiger partial charge in [0.1, 0.15) is 36.8 Å². The highest BCUT2D eigenvalue weighted by atomic mass is 19.1. The van der Waals surface area contributed by atoms with Crippen LogP contribution >= 0.6 is 0 Å². The number of imide groups is 1. The predicted molar refractivity (Wildman–Crippen MR) is 409 cm³/mol. The quantitative estimate of drug-likeness (QED) is 0.0159. The fourth-order valence-corrected chi connectivity index (χ4v) is 13.3. The minimum Gasteiger partial charge on any atom is -0.493 e. The first-order valence-electron chi connectivity index (χ1n) is 37.1. The number of anilines is 1. The van der Waals surface area contributed by atoms with Gasteiger partial charge in [0.05, 0.1) is 106 Å². The molecule has 0 saturated carbocycles. The standard InChI is InChI=1S/C77H97FN16O22/c1-15-77(114)50-28-54-72-48(30-93(54)75(112)49(50)41-116-76(77)113)71-52(22-21-47-42(2)51(78)29-53(81-72)70(47)71)82-74(111)44(4)80-73(110)43(3)79-56(95)23-19-45-18-20-46(94-58(97)24-25-59(94)98)27-55(45)115-26-16-17-57(96)83(5)31-60(99)84(6)32-61(100)85(7)33-62(101)86(8)34-63(102)87(9)35-64(103)88(10)36-65(104)89(11)37-66(105)90(12)38-67(106)91(13)39-68(107)92(14)40-69(108)109/h18,20,24-25,27-29,43-44,52,114H,15-17,19,21-23,26,30-41H2,1-14H3,(H,79,95)(H,80,110)(H,82,111)(H,108,109)/t43-,44-,52-,77-/m0/s1. The van der Waals surface area contributed by atoms with E-state index in [9.17, 15) is 91.4 Å². The third kappa shape index (κ3) is 20.7. The van der Waals surface area contributed by atoms with Crippen molar-refractivity contribution in [2.75, 3.05) is 147 Å². The number of cyclic esters (lactones) is 1. The number of nitrogens with one attached hydrogen (secondary N) is 3. The molecule has 2 aromatic heterocycles. The minimum atomic E-state index is -2.10. The Labute approximate surface area is 666 Å².